The van der Waals surface area contributed by atoms with Gasteiger partial charge in [0.1, 0.15) is 11.4 Å². The molecule has 0 saturated heterocycles. The summed E-state index contributed by atoms with van der Waals surface area (Å²) in [6, 6.07) is 3.43. The Kier molecular flexibility index (Phi) is 4.91. The molecule has 7 heteroatoms. The van der Waals surface area contributed by atoms with Crippen LogP contribution in [0.15, 0.2) is 18.2 Å². The van der Waals surface area contributed by atoms with Crippen LogP contribution in [0.2, 0.25) is 0 Å². The van der Waals surface area contributed by atoms with Gasteiger partial charge in [0.05, 0.1) is 18.2 Å². The molecule has 1 aromatic carbocycles. The number of carboxylic acids is 1. The summed E-state index contributed by atoms with van der Waals surface area (Å²) in [6.07, 6.45) is -0.999. The summed E-state index contributed by atoms with van der Waals surface area (Å²) in [6.45, 7) is 4.96. The monoisotopic (exact) mass is 296 g/mol. The highest BCUT2D eigenvalue weighted by Crippen LogP contribution is 2.20. The van der Waals surface area contributed by atoms with E-state index >= 15 is 0 Å². The van der Waals surface area contributed by atoms with Crippen LogP contribution in [-0.2, 0) is 9.47 Å². The molecule has 114 valence electrons. The molecule has 0 spiro atoms. The summed E-state index contributed by atoms with van der Waals surface area (Å²) in [4.78, 5) is 34.0. The van der Waals surface area contributed by atoms with Crippen LogP contribution in [0.4, 0.5) is 4.79 Å². The van der Waals surface area contributed by atoms with E-state index in [0.29, 0.717) is 0 Å². The second-order valence-corrected chi connectivity index (χ2v) is 5.11. The molecule has 1 N–H and O–H groups in total. The van der Waals surface area contributed by atoms with E-state index in [9.17, 15) is 14.4 Å². The predicted molar refractivity (Wildman–Crippen MR) is 71.6 cm³/mol. The Balaban J connectivity index is 3.06. The number of carbonyl (C=O) groups is 3. The van der Waals surface area contributed by atoms with Gasteiger partial charge in [-0.3, -0.25) is 0 Å². The zero-order chi connectivity index (χ0) is 16.2. The standard InChI is InChI=1S/C14H16O7/c1-14(2,3)21-13(18)20-10-6-8(11(15)16)5-9(7-10)12(17)19-4/h5-7H,1-4H3,(H,15,16). The quantitative estimate of drug-likeness (QED) is 0.675. The molecule has 0 bridgehead atoms. The average Bonchev–Trinajstić information content (AvgIpc) is 2.34. The maximum atomic E-state index is 11.6. The van der Waals surface area contributed by atoms with Crippen LogP contribution < -0.4 is 4.74 Å². The molecular weight excluding hydrogens is 280 g/mol. The molecule has 0 amide bonds. The molecule has 1 rings (SSSR count). The van der Waals surface area contributed by atoms with Crippen molar-refractivity contribution in [1.29, 1.82) is 0 Å². The predicted octanol–water partition coefficient (Wildman–Crippen LogP) is 2.49. The molecular formula is C14H16O7. The van der Waals surface area contributed by atoms with Crippen molar-refractivity contribution >= 4 is 18.1 Å². The summed E-state index contributed by atoms with van der Waals surface area (Å²) < 4.78 is 14.3. The van der Waals surface area contributed by atoms with Crippen molar-refractivity contribution in [1.82, 2.24) is 0 Å². The summed E-state index contributed by atoms with van der Waals surface area (Å²) in [5.41, 5.74) is -1.01. The Bertz CT molecular complexity index is 569. The first-order chi connectivity index (χ1) is 9.62. The molecule has 0 aliphatic carbocycles. The fourth-order valence-corrected chi connectivity index (χ4v) is 1.38. The minimum absolute atomic E-state index is 0.0454. The van der Waals surface area contributed by atoms with E-state index in [1.165, 1.54) is 6.07 Å². The highest BCUT2D eigenvalue weighted by atomic mass is 16.7. The van der Waals surface area contributed by atoms with Gasteiger partial charge >= 0.3 is 18.1 Å². The average molecular weight is 296 g/mol. The van der Waals surface area contributed by atoms with E-state index in [2.05, 4.69) is 4.74 Å². The summed E-state index contributed by atoms with van der Waals surface area (Å²) in [5, 5.41) is 8.98. The number of hydrogen-bond donors (Lipinski definition) is 1. The number of aromatic carboxylic acids is 1. The minimum atomic E-state index is -1.27. The largest absolute Gasteiger partial charge is 0.514 e. The normalized spacial score (nSPS) is 10.7. The second-order valence-electron chi connectivity index (χ2n) is 5.11. The van der Waals surface area contributed by atoms with Gasteiger partial charge in [0.25, 0.3) is 0 Å². The van der Waals surface area contributed by atoms with Crippen molar-refractivity contribution in [3.63, 3.8) is 0 Å². The Morgan fingerprint density at radius 1 is 1.05 bits per heavy atom. The van der Waals surface area contributed by atoms with Crippen molar-refractivity contribution in [3.05, 3.63) is 29.3 Å². The van der Waals surface area contributed by atoms with Crippen molar-refractivity contribution in [2.45, 2.75) is 26.4 Å². The zero-order valence-electron chi connectivity index (χ0n) is 12.1. The van der Waals surface area contributed by atoms with E-state index in [1.807, 2.05) is 0 Å². The van der Waals surface area contributed by atoms with E-state index in [4.69, 9.17) is 14.6 Å². The SMILES string of the molecule is COC(=O)c1cc(OC(=O)OC(C)(C)C)cc(C(=O)O)c1. The van der Waals surface area contributed by atoms with Crippen LogP contribution in [0, 0.1) is 0 Å². The van der Waals surface area contributed by atoms with Crippen molar-refractivity contribution in [2.75, 3.05) is 7.11 Å². The highest BCUT2D eigenvalue weighted by Gasteiger charge is 2.20. The Morgan fingerprint density at radius 3 is 2.10 bits per heavy atom. The van der Waals surface area contributed by atoms with E-state index < -0.39 is 23.7 Å². The van der Waals surface area contributed by atoms with Gasteiger partial charge in [0.2, 0.25) is 0 Å². The number of hydrogen-bond acceptors (Lipinski definition) is 6. The van der Waals surface area contributed by atoms with Crippen LogP contribution in [0.25, 0.3) is 0 Å². The molecule has 0 saturated carbocycles. The first-order valence-corrected chi connectivity index (χ1v) is 6.00. The van der Waals surface area contributed by atoms with E-state index in [1.54, 1.807) is 20.8 Å². The number of carbonyl (C=O) groups excluding carboxylic acids is 2. The molecule has 0 aliphatic rings. The summed E-state index contributed by atoms with van der Waals surface area (Å²) >= 11 is 0. The van der Waals surface area contributed by atoms with Gasteiger partial charge in [-0.25, -0.2) is 14.4 Å². The maximum Gasteiger partial charge on any atom is 0.514 e. The molecule has 0 aromatic heterocycles. The first kappa shape index (κ1) is 16.5. The van der Waals surface area contributed by atoms with Crippen molar-refractivity contribution < 1.29 is 33.7 Å². The van der Waals surface area contributed by atoms with Crippen LogP contribution in [0.5, 0.6) is 5.75 Å². The molecule has 1 aromatic rings. The number of benzene rings is 1. The lowest BCUT2D eigenvalue weighted by Gasteiger charge is -2.18. The molecule has 0 heterocycles. The van der Waals surface area contributed by atoms with Crippen LogP contribution in [0.1, 0.15) is 41.5 Å². The summed E-state index contributed by atoms with van der Waals surface area (Å²) in [7, 11) is 1.16. The van der Waals surface area contributed by atoms with Crippen molar-refractivity contribution in [2.24, 2.45) is 0 Å². The molecule has 0 atom stereocenters. The van der Waals surface area contributed by atoms with Gasteiger partial charge in [-0.1, -0.05) is 0 Å². The van der Waals surface area contributed by atoms with E-state index in [-0.39, 0.29) is 16.9 Å². The third kappa shape index (κ3) is 5.13. The van der Waals surface area contributed by atoms with Gasteiger partial charge < -0.3 is 19.3 Å². The molecule has 21 heavy (non-hydrogen) atoms. The molecule has 0 radical (unpaired) electrons. The number of methoxy groups -OCH3 is 1. The fourth-order valence-electron chi connectivity index (χ4n) is 1.38. The Labute approximate surface area is 121 Å². The van der Waals surface area contributed by atoms with Crippen molar-refractivity contribution in [3.8, 4) is 5.75 Å². The topological polar surface area (TPSA) is 99.1 Å². The number of esters is 1. The minimum Gasteiger partial charge on any atom is -0.478 e. The Morgan fingerprint density at radius 2 is 1.62 bits per heavy atom. The maximum absolute atomic E-state index is 11.6. The lowest BCUT2D eigenvalue weighted by Crippen LogP contribution is -2.26. The molecule has 7 nitrogen and oxygen atoms in total. The number of ether oxygens (including phenoxy) is 3. The zero-order valence-corrected chi connectivity index (χ0v) is 12.1. The lowest BCUT2D eigenvalue weighted by atomic mass is 10.1. The lowest BCUT2D eigenvalue weighted by molar-refractivity contribution is 0.0204. The third-order valence-corrected chi connectivity index (χ3v) is 2.17. The Hall–Kier alpha value is -2.57. The van der Waals surface area contributed by atoms with E-state index in [0.717, 1.165) is 19.2 Å². The van der Waals surface area contributed by atoms with Gasteiger partial charge in [0.15, 0.2) is 0 Å². The molecule has 0 aliphatic heterocycles. The van der Waals surface area contributed by atoms with Crippen LogP contribution in [0.3, 0.4) is 0 Å². The third-order valence-electron chi connectivity index (χ3n) is 2.17. The molecule has 0 fully saturated rings. The smallest absolute Gasteiger partial charge is 0.478 e. The fraction of sp³-hybridized carbons (Fsp3) is 0.357. The summed E-state index contributed by atoms with van der Waals surface area (Å²) in [5.74, 6) is -2.13. The second kappa shape index (κ2) is 6.25. The van der Waals surface area contributed by atoms with Gasteiger partial charge in [-0.15, -0.1) is 0 Å². The van der Waals surface area contributed by atoms with Gasteiger partial charge in [-0.2, -0.15) is 0 Å². The molecule has 0 unspecified atom stereocenters. The first-order valence-electron chi connectivity index (χ1n) is 6.00. The number of carboxylic acid groups (broad SMARTS) is 1. The van der Waals surface area contributed by atoms with Crippen LogP contribution >= 0.6 is 0 Å². The van der Waals surface area contributed by atoms with Gasteiger partial charge in [0, 0.05) is 0 Å². The number of rotatable bonds is 3. The highest BCUT2D eigenvalue weighted by molar-refractivity contribution is 5.95. The van der Waals surface area contributed by atoms with Gasteiger partial charge in [-0.05, 0) is 39.0 Å². The van der Waals surface area contributed by atoms with Crippen LogP contribution in [-0.4, -0.2) is 35.9 Å².